The second kappa shape index (κ2) is 4.30. The summed E-state index contributed by atoms with van der Waals surface area (Å²) in [6.45, 7) is 0.250. The lowest BCUT2D eigenvalue weighted by Gasteiger charge is -2.17. The van der Waals surface area contributed by atoms with E-state index in [1.165, 1.54) is 4.90 Å². The van der Waals surface area contributed by atoms with Gasteiger partial charge in [0, 0.05) is 25.5 Å². The van der Waals surface area contributed by atoms with E-state index < -0.39 is 5.56 Å². The van der Waals surface area contributed by atoms with E-state index in [1.54, 1.807) is 0 Å². The first kappa shape index (κ1) is 11.8. The molecule has 1 aliphatic rings. The molecule has 1 aromatic heterocycles. The predicted molar refractivity (Wildman–Crippen MR) is 64.2 cm³/mol. The minimum Gasteiger partial charge on any atom is -0.396 e. The lowest BCUT2D eigenvalue weighted by Crippen LogP contribution is -2.29. The van der Waals surface area contributed by atoms with Crippen LogP contribution < -0.4 is 16.2 Å². The molecule has 0 aliphatic carbocycles. The number of nitrogens with zero attached hydrogens (tertiary/aromatic N) is 1. The first-order valence-electron chi connectivity index (χ1n) is 5.06. The van der Waals surface area contributed by atoms with Crippen LogP contribution in [0.15, 0.2) is 4.79 Å². The average Bonchev–Trinajstić information content (AvgIpc) is 2.65. The molecule has 1 aromatic rings. The molecule has 0 aromatic carbocycles. The molecule has 0 bridgehead atoms. The number of hydrogen-bond donors (Lipinski definition) is 4. The number of nitrogen functional groups attached to an aromatic ring is 1. The molecular weight excluding hydrogens is 244 g/mol. The number of aromatic amines is 2. The van der Waals surface area contributed by atoms with Gasteiger partial charge < -0.3 is 15.8 Å². The van der Waals surface area contributed by atoms with Crippen LogP contribution in [0.25, 0.3) is 0 Å². The number of carbonyl (C=O) groups is 1. The fourth-order valence-corrected chi connectivity index (χ4v) is 2.01. The van der Waals surface area contributed by atoms with Gasteiger partial charge in [0.25, 0.3) is 5.56 Å². The fraction of sp³-hybridized carbons (Fsp3) is 0.444. The van der Waals surface area contributed by atoms with Gasteiger partial charge in [-0.3, -0.25) is 19.5 Å². The summed E-state index contributed by atoms with van der Waals surface area (Å²) in [6.07, 6.45) is 0.239. The summed E-state index contributed by atoms with van der Waals surface area (Å²) >= 11 is 4.82. The summed E-state index contributed by atoms with van der Waals surface area (Å²) in [5.41, 5.74) is 5.00. The summed E-state index contributed by atoms with van der Waals surface area (Å²) in [4.78, 5) is 29.5. The van der Waals surface area contributed by atoms with Crippen LogP contribution in [0.5, 0.6) is 0 Å². The van der Waals surface area contributed by atoms with Crippen LogP contribution in [0.1, 0.15) is 6.42 Å². The topological polar surface area (TPSA) is 115 Å². The summed E-state index contributed by atoms with van der Waals surface area (Å²) in [6, 6.07) is 0. The Hall–Kier alpha value is -1.67. The van der Waals surface area contributed by atoms with Gasteiger partial charge in [0.05, 0.1) is 0 Å². The SMILES string of the molecule is Nc1c(N2CC(CO)CC2=O)[nH]c(=S)[nH]c1=O. The number of anilines is 2. The molecule has 17 heavy (non-hydrogen) atoms. The van der Waals surface area contributed by atoms with Crippen LogP contribution in [0.3, 0.4) is 0 Å². The molecule has 1 amide bonds. The minimum absolute atomic E-state index is 0.0773. The number of aliphatic hydroxyl groups is 1. The Labute approximate surface area is 101 Å². The molecule has 2 heterocycles. The second-order valence-corrected chi connectivity index (χ2v) is 4.34. The first-order valence-corrected chi connectivity index (χ1v) is 5.47. The number of aromatic nitrogens is 2. The van der Waals surface area contributed by atoms with E-state index in [4.69, 9.17) is 23.1 Å². The van der Waals surface area contributed by atoms with E-state index in [9.17, 15) is 9.59 Å². The number of amides is 1. The van der Waals surface area contributed by atoms with E-state index in [-0.39, 0.29) is 41.1 Å². The van der Waals surface area contributed by atoms with Gasteiger partial charge >= 0.3 is 0 Å². The van der Waals surface area contributed by atoms with Crippen molar-refractivity contribution < 1.29 is 9.90 Å². The molecule has 1 atom stereocenters. The molecule has 1 saturated heterocycles. The molecule has 0 spiro atoms. The Morgan fingerprint density at radius 3 is 2.76 bits per heavy atom. The molecular formula is C9H12N4O3S. The van der Waals surface area contributed by atoms with E-state index in [0.29, 0.717) is 6.54 Å². The molecule has 1 unspecified atom stereocenters. The van der Waals surface area contributed by atoms with Gasteiger partial charge in [0.2, 0.25) is 5.91 Å². The van der Waals surface area contributed by atoms with Gasteiger partial charge in [0.1, 0.15) is 11.5 Å². The number of hydrogen-bond acceptors (Lipinski definition) is 5. The molecule has 1 aliphatic heterocycles. The number of aliphatic hydroxyl groups excluding tert-OH is 1. The fourth-order valence-electron chi connectivity index (χ4n) is 1.82. The van der Waals surface area contributed by atoms with Gasteiger partial charge in [-0.05, 0) is 12.2 Å². The molecule has 8 heteroatoms. The highest BCUT2D eigenvalue weighted by atomic mass is 32.1. The van der Waals surface area contributed by atoms with Crippen molar-refractivity contribution in [3.8, 4) is 0 Å². The number of nitrogens with one attached hydrogen (secondary N) is 2. The molecule has 92 valence electrons. The van der Waals surface area contributed by atoms with Gasteiger partial charge in [-0.1, -0.05) is 0 Å². The second-order valence-electron chi connectivity index (χ2n) is 3.93. The van der Waals surface area contributed by atoms with Crippen LogP contribution in [-0.2, 0) is 4.79 Å². The molecule has 5 N–H and O–H groups in total. The minimum atomic E-state index is -0.524. The monoisotopic (exact) mass is 256 g/mol. The number of H-pyrrole nitrogens is 2. The summed E-state index contributed by atoms with van der Waals surface area (Å²) in [7, 11) is 0. The summed E-state index contributed by atoms with van der Waals surface area (Å²) < 4.78 is 0.111. The molecule has 7 nitrogen and oxygen atoms in total. The maximum Gasteiger partial charge on any atom is 0.277 e. The molecule has 0 saturated carbocycles. The maximum atomic E-state index is 11.7. The van der Waals surface area contributed by atoms with Crippen molar-refractivity contribution in [2.24, 2.45) is 5.92 Å². The Kier molecular flexibility index (Phi) is 2.99. The largest absolute Gasteiger partial charge is 0.396 e. The third-order valence-electron chi connectivity index (χ3n) is 2.69. The van der Waals surface area contributed by atoms with Gasteiger partial charge in [-0.15, -0.1) is 0 Å². The third-order valence-corrected chi connectivity index (χ3v) is 2.90. The van der Waals surface area contributed by atoms with Crippen LogP contribution in [0.4, 0.5) is 11.5 Å². The van der Waals surface area contributed by atoms with Crippen molar-refractivity contribution in [1.29, 1.82) is 0 Å². The smallest absolute Gasteiger partial charge is 0.277 e. The van der Waals surface area contributed by atoms with Crippen molar-refractivity contribution in [2.75, 3.05) is 23.8 Å². The van der Waals surface area contributed by atoms with Crippen LogP contribution >= 0.6 is 12.2 Å². The van der Waals surface area contributed by atoms with Crippen molar-refractivity contribution in [3.05, 3.63) is 15.1 Å². The summed E-state index contributed by atoms with van der Waals surface area (Å²) in [5.74, 6) is -0.116. The van der Waals surface area contributed by atoms with Crippen molar-refractivity contribution in [3.63, 3.8) is 0 Å². The van der Waals surface area contributed by atoms with Crippen LogP contribution in [0, 0.1) is 10.7 Å². The van der Waals surface area contributed by atoms with Crippen LogP contribution in [0.2, 0.25) is 0 Å². The Morgan fingerprint density at radius 2 is 2.18 bits per heavy atom. The Morgan fingerprint density at radius 1 is 1.47 bits per heavy atom. The van der Waals surface area contributed by atoms with E-state index in [0.717, 1.165) is 0 Å². The standard InChI is InChI=1S/C9H12N4O3S/c10-6-7(11-9(17)12-8(6)16)13-2-4(3-14)1-5(13)15/h4,14H,1-3,10H2,(H2,11,12,16,17). The highest BCUT2D eigenvalue weighted by Gasteiger charge is 2.32. The Bertz CT molecular complexity index is 564. The quantitative estimate of drug-likeness (QED) is 0.525. The average molecular weight is 256 g/mol. The molecule has 2 rings (SSSR count). The van der Waals surface area contributed by atoms with Gasteiger partial charge in [-0.25, -0.2) is 0 Å². The van der Waals surface area contributed by atoms with Crippen molar-refractivity contribution >= 4 is 29.6 Å². The highest BCUT2D eigenvalue weighted by Crippen LogP contribution is 2.25. The zero-order valence-electron chi connectivity index (χ0n) is 8.90. The van der Waals surface area contributed by atoms with Gasteiger partial charge in [-0.2, -0.15) is 0 Å². The first-order chi connectivity index (χ1) is 8.02. The van der Waals surface area contributed by atoms with E-state index in [2.05, 4.69) is 9.97 Å². The number of rotatable bonds is 2. The number of nitrogens with two attached hydrogens (primary N) is 1. The van der Waals surface area contributed by atoms with Crippen molar-refractivity contribution in [1.82, 2.24) is 9.97 Å². The van der Waals surface area contributed by atoms with E-state index in [1.807, 2.05) is 0 Å². The predicted octanol–water partition coefficient (Wildman–Crippen LogP) is -0.640. The lowest BCUT2D eigenvalue weighted by atomic mass is 10.1. The number of carbonyl (C=O) groups excluding carboxylic acids is 1. The normalized spacial score (nSPS) is 19.9. The third kappa shape index (κ3) is 2.08. The highest BCUT2D eigenvalue weighted by molar-refractivity contribution is 7.71. The van der Waals surface area contributed by atoms with E-state index >= 15 is 0 Å². The van der Waals surface area contributed by atoms with Crippen LogP contribution in [-0.4, -0.2) is 34.1 Å². The molecule has 1 fully saturated rings. The zero-order chi connectivity index (χ0) is 12.6. The molecule has 0 radical (unpaired) electrons. The Balaban J connectivity index is 2.45. The van der Waals surface area contributed by atoms with Gasteiger partial charge in [0.15, 0.2) is 4.77 Å². The zero-order valence-corrected chi connectivity index (χ0v) is 9.71. The lowest BCUT2D eigenvalue weighted by molar-refractivity contribution is -0.117. The summed E-state index contributed by atoms with van der Waals surface area (Å²) in [5, 5.41) is 9.02. The maximum absolute atomic E-state index is 11.7. The van der Waals surface area contributed by atoms with Crippen molar-refractivity contribution in [2.45, 2.75) is 6.42 Å².